The average Bonchev–Trinajstić information content (AvgIpc) is 2.73. The molecule has 0 bridgehead atoms. The Morgan fingerprint density at radius 1 is 1.47 bits per heavy atom. The number of amides is 1. The van der Waals surface area contributed by atoms with Crippen molar-refractivity contribution < 1.29 is 4.79 Å². The van der Waals surface area contributed by atoms with E-state index in [0.29, 0.717) is 5.82 Å². The highest BCUT2D eigenvalue weighted by Gasteiger charge is 2.08. The van der Waals surface area contributed by atoms with Gasteiger partial charge in [-0.05, 0) is 0 Å². The van der Waals surface area contributed by atoms with E-state index in [1.165, 1.54) is 12.4 Å². The van der Waals surface area contributed by atoms with Crippen LogP contribution in [0.5, 0.6) is 0 Å². The van der Waals surface area contributed by atoms with Gasteiger partial charge in [0.2, 0.25) is 0 Å². The second kappa shape index (κ2) is 4.56. The van der Waals surface area contributed by atoms with Gasteiger partial charge in [0.15, 0.2) is 5.82 Å². The minimum absolute atomic E-state index is 0.210. The number of aryl methyl sites for hydroxylation is 1. The quantitative estimate of drug-likeness (QED) is 0.711. The number of hydrogen-bond acceptors (Lipinski definition) is 6. The third-order valence-corrected chi connectivity index (χ3v) is 2.12. The van der Waals surface area contributed by atoms with E-state index in [1.807, 2.05) is 0 Å². The van der Waals surface area contributed by atoms with Gasteiger partial charge in [0.1, 0.15) is 17.8 Å². The first-order valence-electron chi connectivity index (χ1n) is 4.85. The molecule has 0 aliphatic heterocycles. The van der Waals surface area contributed by atoms with Gasteiger partial charge in [0.05, 0.1) is 18.9 Å². The summed E-state index contributed by atoms with van der Waals surface area (Å²) >= 11 is 0. The number of anilines is 1. The molecule has 0 fully saturated rings. The van der Waals surface area contributed by atoms with Crippen molar-refractivity contribution in [1.82, 2.24) is 30.0 Å². The second-order valence-corrected chi connectivity index (χ2v) is 3.37. The molecule has 8 nitrogen and oxygen atoms in total. The van der Waals surface area contributed by atoms with Gasteiger partial charge >= 0.3 is 0 Å². The standard InChI is InChI=1S/C9H11N7O/c1-16-5-14-15-8(16)4-13-9(17)6-2-12-7(10)3-11-6/h2-3,5H,4H2,1H3,(H2,10,12)(H,13,17). The molecule has 0 saturated heterocycles. The molecule has 2 aromatic rings. The molecule has 0 aromatic carbocycles. The van der Waals surface area contributed by atoms with Crippen molar-refractivity contribution in [2.24, 2.45) is 7.05 Å². The Hall–Kier alpha value is -2.51. The predicted octanol–water partition coefficient (Wildman–Crippen LogP) is -0.883. The van der Waals surface area contributed by atoms with Crippen molar-refractivity contribution in [3.05, 3.63) is 30.2 Å². The summed E-state index contributed by atoms with van der Waals surface area (Å²) in [5.74, 6) is 0.595. The molecule has 2 rings (SSSR count). The molecule has 0 spiro atoms. The van der Waals surface area contributed by atoms with Crippen LogP contribution in [0.1, 0.15) is 16.3 Å². The fraction of sp³-hybridized carbons (Fsp3) is 0.222. The molecular formula is C9H11N7O. The number of nitrogens with zero attached hydrogens (tertiary/aromatic N) is 5. The lowest BCUT2D eigenvalue weighted by molar-refractivity contribution is 0.0944. The summed E-state index contributed by atoms with van der Waals surface area (Å²) in [4.78, 5) is 19.3. The van der Waals surface area contributed by atoms with E-state index >= 15 is 0 Å². The van der Waals surface area contributed by atoms with Crippen LogP contribution in [0.4, 0.5) is 5.82 Å². The maximum atomic E-state index is 11.7. The van der Waals surface area contributed by atoms with Crippen molar-refractivity contribution >= 4 is 11.7 Å². The highest BCUT2D eigenvalue weighted by molar-refractivity contribution is 5.91. The van der Waals surface area contributed by atoms with Crippen LogP contribution in [-0.4, -0.2) is 30.6 Å². The third-order valence-electron chi connectivity index (χ3n) is 2.12. The molecule has 8 heteroatoms. The van der Waals surface area contributed by atoms with E-state index in [4.69, 9.17) is 5.73 Å². The van der Waals surface area contributed by atoms with Crippen LogP contribution in [0.15, 0.2) is 18.7 Å². The van der Waals surface area contributed by atoms with Gasteiger partial charge in [-0.2, -0.15) is 0 Å². The van der Waals surface area contributed by atoms with Gasteiger partial charge in [0.25, 0.3) is 5.91 Å². The van der Waals surface area contributed by atoms with Gasteiger partial charge < -0.3 is 15.6 Å². The van der Waals surface area contributed by atoms with Crippen LogP contribution in [0.2, 0.25) is 0 Å². The van der Waals surface area contributed by atoms with E-state index in [0.717, 1.165) is 0 Å². The molecule has 3 N–H and O–H groups in total. The minimum Gasteiger partial charge on any atom is -0.382 e. The van der Waals surface area contributed by atoms with E-state index in [-0.39, 0.29) is 24.0 Å². The Balaban J connectivity index is 1.98. The fourth-order valence-electron chi connectivity index (χ4n) is 1.17. The molecule has 2 aromatic heterocycles. The van der Waals surface area contributed by atoms with E-state index in [2.05, 4.69) is 25.5 Å². The molecule has 2 heterocycles. The van der Waals surface area contributed by atoms with Crippen LogP contribution < -0.4 is 11.1 Å². The summed E-state index contributed by atoms with van der Waals surface area (Å²) in [6.07, 6.45) is 4.21. The summed E-state index contributed by atoms with van der Waals surface area (Å²) in [6, 6.07) is 0. The SMILES string of the molecule is Cn1cnnc1CNC(=O)c1cnc(N)cn1. The van der Waals surface area contributed by atoms with Crippen LogP contribution in [0.3, 0.4) is 0 Å². The van der Waals surface area contributed by atoms with Gasteiger partial charge in [0, 0.05) is 7.05 Å². The predicted molar refractivity (Wildman–Crippen MR) is 58.6 cm³/mol. The summed E-state index contributed by atoms with van der Waals surface area (Å²) in [6.45, 7) is 0.279. The zero-order chi connectivity index (χ0) is 12.3. The first-order chi connectivity index (χ1) is 8.16. The molecule has 0 saturated carbocycles. The van der Waals surface area contributed by atoms with Gasteiger partial charge in [-0.1, -0.05) is 0 Å². The van der Waals surface area contributed by atoms with Crippen molar-refractivity contribution in [1.29, 1.82) is 0 Å². The highest BCUT2D eigenvalue weighted by Crippen LogP contribution is 1.97. The summed E-state index contributed by atoms with van der Waals surface area (Å²) < 4.78 is 1.72. The minimum atomic E-state index is -0.333. The Morgan fingerprint density at radius 2 is 2.29 bits per heavy atom. The molecule has 88 valence electrons. The first-order valence-corrected chi connectivity index (χ1v) is 4.85. The fourth-order valence-corrected chi connectivity index (χ4v) is 1.17. The van der Waals surface area contributed by atoms with Crippen LogP contribution in [-0.2, 0) is 13.6 Å². The zero-order valence-electron chi connectivity index (χ0n) is 9.16. The normalized spacial score (nSPS) is 10.2. The van der Waals surface area contributed by atoms with Crippen molar-refractivity contribution in [2.45, 2.75) is 6.54 Å². The number of nitrogen functional groups attached to an aromatic ring is 1. The smallest absolute Gasteiger partial charge is 0.271 e. The highest BCUT2D eigenvalue weighted by atomic mass is 16.1. The molecular weight excluding hydrogens is 222 g/mol. The third kappa shape index (κ3) is 2.54. The summed E-state index contributed by atoms with van der Waals surface area (Å²) in [5, 5.41) is 10.2. The first kappa shape index (κ1) is 11.0. The topological polar surface area (TPSA) is 112 Å². The molecule has 0 aliphatic rings. The van der Waals surface area contributed by atoms with Crippen LogP contribution >= 0.6 is 0 Å². The van der Waals surface area contributed by atoms with Gasteiger partial charge in [-0.25, -0.2) is 9.97 Å². The number of nitrogens with one attached hydrogen (secondary N) is 1. The number of aromatic nitrogens is 5. The number of rotatable bonds is 3. The average molecular weight is 233 g/mol. The Kier molecular flexibility index (Phi) is 2.95. The summed E-state index contributed by atoms with van der Waals surface area (Å²) in [7, 11) is 1.80. The van der Waals surface area contributed by atoms with E-state index < -0.39 is 0 Å². The van der Waals surface area contributed by atoms with Gasteiger partial charge in [-0.15, -0.1) is 10.2 Å². The zero-order valence-corrected chi connectivity index (χ0v) is 9.16. The maximum Gasteiger partial charge on any atom is 0.271 e. The van der Waals surface area contributed by atoms with Gasteiger partial charge in [-0.3, -0.25) is 4.79 Å². The monoisotopic (exact) mass is 233 g/mol. The molecule has 0 atom stereocenters. The molecule has 0 radical (unpaired) electrons. The largest absolute Gasteiger partial charge is 0.382 e. The van der Waals surface area contributed by atoms with E-state index in [1.54, 1.807) is 17.9 Å². The maximum absolute atomic E-state index is 11.7. The number of nitrogens with two attached hydrogens (primary N) is 1. The van der Waals surface area contributed by atoms with E-state index in [9.17, 15) is 4.79 Å². The van der Waals surface area contributed by atoms with Crippen LogP contribution in [0.25, 0.3) is 0 Å². The van der Waals surface area contributed by atoms with Crippen molar-refractivity contribution in [2.75, 3.05) is 5.73 Å². The van der Waals surface area contributed by atoms with Crippen molar-refractivity contribution in [3.8, 4) is 0 Å². The van der Waals surface area contributed by atoms with Crippen LogP contribution in [0, 0.1) is 0 Å². The number of hydrogen-bond donors (Lipinski definition) is 2. The number of carbonyl (C=O) groups is 1. The molecule has 0 aliphatic carbocycles. The Bertz CT molecular complexity index is 518. The Labute approximate surface area is 96.9 Å². The van der Waals surface area contributed by atoms with Crippen molar-refractivity contribution in [3.63, 3.8) is 0 Å². The molecule has 0 unspecified atom stereocenters. The lowest BCUT2D eigenvalue weighted by Gasteiger charge is -2.03. The molecule has 17 heavy (non-hydrogen) atoms. The second-order valence-electron chi connectivity index (χ2n) is 3.37. The molecule has 1 amide bonds. The Morgan fingerprint density at radius 3 is 2.88 bits per heavy atom. The summed E-state index contributed by atoms with van der Waals surface area (Å²) in [5.41, 5.74) is 5.58. The lowest BCUT2D eigenvalue weighted by Crippen LogP contribution is -2.25. The lowest BCUT2D eigenvalue weighted by atomic mass is 10.4. The number of carbonyl (C=O) groups excluding carboxylic acids is 1.